The largest absolute Gasteiger partial charge is 0.472 e. The van der Waals surface area contributed by atoms with E-state index in [0.717, 1.165) is 0 Å². The van der Waals surface area contributed by atoms with Gasteiger partial charge in [0.05, 0.1) is 24.9 Å². The molecule has 0 aromatic carbocycles. The van der Waals surface area contributed by atoms with Crippen LogP contribution in [0.15, 0.2) is 24.0 Å². The molecule has 0 aromatic rings. The molecule has 4 nitrogen and oxygen atoms in total. The normalized spacial score (nSPS) is 42.5. The maximum absolute atomic E-state index is 9.54. The molecule has 0 spiro atoms. The predicted octanol–water partition coefficient (Wildman–Crippen LogP) is -0.626. The predicted molar refractivity (Wildman–Crippen MR) is 44.4 cm³/mol. The molecule has 0 saturated heterocycles. The molecule has 1 aliphatic carbocycles. The summed E-state index contributed by atoms with van der Waals surface area (Å²) in [5.74, 6) is -0.462. The molecule has 0 fully saturated rings. The van der Waals surface area contributed by atoms with E-state index >= 15 is 0 Å². The molecular weight excluding hydrogens is 172 g/mol. The number of hydrogen-bond acceptors (Lipinski definition) is 4. The zero-order chi connectivity index (χ0) is 9.42. The molecule has 1 aliphatic heterocycles. The zero-order valence-electron chi connectivity index (χ0n) is 7.00. The zero-order valence-corrected chi connectivity index (χ0v) is 7.00. The lowest BCUT2D eigenvalue weighted by molar-refractivity contribution is -0.108. The number of aliphatic hydroxyl groups is 3. The molecule has 2 rings (SSSR count). The van der Waals surface area contributed by atoms with Gasteiger partial charge in [0.1, 0.15) is 0 Å². The second-order valence-electron chi connectivity index (χ2n) is 3.35. The minimum Gasteiger partial charge on any atom is -0.472 e. The van der Waals surface area contributed by atoms with E-state index in [1.807, 2.05) is 0 Å². The van der Waals surface area contributed by atoms with Crippen LogP contribution in [0, 0.1) is 11.8 Å². The van der Waals surface area contributed by atoms with Crippen LogP contribution >= 0.6 is 0 Å². The topological polar surface area (TPSA) is 69.9 Å². The summed E-state index contributed by atoms with van der Waals surface area (Å²) in [6.07, 6.45) is 3.11. The minimum atomic E-state index is -0.953. The Morgan fingerprint density at radius 2 is 2.15 bits per heavy atom. The van der Waals surface area contributed by atoms with E-state index in [1.165, 1.54) is 6.26 Å². The van der Waals surface area contributed by atoms with Crippen molar-refractivity contribution in [2.24, 2.45) is 11.8 Å². The van der Waals surface area contributed by atoms with Crippen molar-refractivity contribution < 1.29 is 20.1 Å². The van der Waals surface area contributed by atoms with Gasteiger partial charge in [0.25, 0.3) is 0 Å². The number of hydrogen-bond donors (Lipinski definition) is 3. The molecule has 13 heavy (non-hydrogen) atoms. The van der Waals surface area contributed by atoms with Crippen molar-refractivity contribution in [3.8, 4) is 0 Å². The summed E-state index contributed by atoms with van der Waals surface area (Å²) in [7, 11) is 0. The van der Waals surface area contributed by atoms with Gasteiger partial charge in [-0.3, -0.25) is 0 Å². The maximum atomic E-state index is 9.54. The highest BCUT2D eigenvalue weighted by Gasteiger charge is 2.41. The lowest BCUT2D eigenvalue weighted by Crippen LogP contribution is -2.34. The molecule has 0 aromatic heterocycles. The molecule has 4 atom stereocenters. The van der Waals surface area contributed by atoms with Crippen molar-refractivity contribution in [3.05, 3.63) is 24.0 Å². The van der Waals surface area contributed by atoms with Crippen molar-refractivity contribution in [1.29, 1.82) is 0 Å². The van der Waals surface area contributed by atoms with Crippen molar-refractivity contribution in [1.82, 2.24) is 0 Å². The summed E-state index contributed by atoms with van der Waals surface area (Å²) in [6, 6.07) is 0. The van der Waals surface area contributed by atoms with Crippen LogP contribution in [0.3, 0.4) is 0 Å². The number of ether oxygens (including phenoxy) is 1. The van der Waals surface area contributed by atoms with Gasteiger partial charge in [-0.1, -0.05) is 6.08 Å². The van der Waals surface area contributed by atoms with Gasteiger partial charge in [0.15, 0.2) is 0 Å². The van der Waals surface area contributed by atoms with Gasteiger partial charge in [-0.05, 0) is 11.6 Å². The van der Waals surface area contributed by atoms with Gasteiger partial charge in [-0.25, -0.2) is 0 Å². The Morgan fingerprint density at radius 3 is 2.85 bits per heavy atom. The highest BCUT2D eigenvalue weighted by molar-refractivity contribution is 5.25. The Bertz CT molecular complexity index is 258. The third-order valence-electron chi connectivity index (χ3n) is 2.63. The van der Waals surface area contributed by atoms with Crippen LogP contribution in [-0.2, 0) is 4.74 Å². The highest BCUT2D eigenvalue weighted by atomic mass is 16.6. The van der Waals surface area contributed by atoms with Crippen LogP contribution < -0.4 is 0 Å². The van der Waals surface area contributed by atoms with Crippen LogP contribution in [0.1, 0.15) is 0 Å². The summed E-state index contributed by atoms with van der Waals surface area (Å²) in [5.41, 5.74) is 0.648. The van der Waals surface area contributed by atoms with Crippen LogP contribution in [0.5, 0.6) is 0 Å². The summed E-state index contributed by atoms with van der Waals surface area (Å²) in [5, 5.41) is 28.0. The van der Waals surface area contributed by atoms with E-state index in [4.69, 9.17) is 9.84 Å². The SMILES string of the molecule is OCC1=C[C@@H](O)[C@@H]2C=CO[C@@H](O)[C@@H]12. The van der Waals surface area contributed by atoms with E-state index in [2.05, 4.69) is 0 Å². The second kappa shape index (κ2) is 3.14. The summed E-state index contributed by atoms with van der Waals surface area (Å²) >= 11 is 0. The van der Waals surface area contributed by atoms with Crippen LogP contribution in [0.2, 0.25) is 0 Å². The molecule has 3 N–H and O–H groups in total. The molecule has 4 heteroatoms. The Balaban J connectivity index is 2.27. The second-order valence-corrected chi connectivity index (χ2v) is 3.35. The van der Waals surface area contributed by atoms with Gasteiger partial charge in [-0.15, -0.1) is 0 Å². The van der Waals surface area contributed by atoms with Gasteiger partial charge in [-0.2, -0.15) is 0 Å². The van der Waals surface area contributed by atoms with Crippen molar-refractivity contribution in [2.45, 2.75) is 12.4 Å². The average Bonchev–Trinajstić information content (AvgIpc) is 2.45. The fourth-order valence-electron chi connectivity index (χ4n) is 1.97. The monoisotopic (exact) mass is 184 g/mol. The fourth-order valence-corrected chi connectivity index (χ4v) is 1.97. The molecule has 0 amide bonds. The smallest absolute Gasteiger partial charge is 0.203 e. The number of rotatable bonds is 1. The maximum Gasteiger partial charge on any atom is 0.203 e. The standard InChI is InChI=1S/C9H12O4/c10-4-5-3-7(11)6-1-2-13-9(12)8(5)6/h1-3,6-12H,4H2/t6-,7+,8-,9+/m0/s1. The molecule has 0 radical (unpaired) electrons. The quantitative estimate of drug-likeness (QED) is 0.475. The van der Waals surface area contributed by atoms with Gasteiger partial charge in [0, 0.05) is 5.92 Å². The lowest BCUT2D eigenvalue weighted by atomic mass is 9.88. The van der Waals surface area contributed by atoms with E-state index in [9.17, 15) is 10.2 Å². The molecule has 0 bridgehead atoms. The average molecular weight is 184 g/mol. The van der Waals surface area contributed by atoms with E-state index < -0.39 is 12.4 Å². The highest BCUT2D eigenvalue weighted by Crippen LogP contribution is 2.38. The summed E-state index contributed by atoms with van der Waals surface area (Å²) in [4.78, 5) is 0. The number of fused-ring (bicyclic) bond motifs is 1. The summed E-state index contributed by atoms with van der Waals surface area (Å²) in [6.45, 7) is -0.146. The van der Waals surface area contributed by atoms with E-state index in [0.29, 0.717) is 5.57 Å². The molecule has 72 valence electrons. The first-order valence-electron chi connectivity index (χ1n) is 4.23. The molecule has 2 aliphatic rings. The van der Waals surface area contributed by atoms with Gasteiger partial charge < -0.3 is 20.1 Å². The molecule has 0 saturated carbocycles. The first kappa shape index (κ1) is 8.74. The van der Waals surface area contributed by atoms with Crippen LogP contribution in [0.4, 0.5) is 0 Å². The first-order valence-corrected chi connectivity index (χ1v) is 4.23. The molecular formula is C9H12O4. The Morgan fingerprint density at radius 1 is 1.38 bits per heavy atom. The minimum absolute atomic E-state index is 0.146. The summed E-state index contributed by atoms with van der Waals surface area (Å²) < 4.78 is 4.88. The third kappa shape index (κ3) is 1.27. The third-order valence-corrected chi connectivity index (χ3v) is 2.63. The Labute approximate surface area is 75.8 Å². The van der Waals surface area contributed by atoms with E-state index in [-0.39, 0.29) is 18.4 Å². The fraction of sp³-hybridized carbons (Fsp3) is 0.556. The Kier molecular flexibility index (Phi) is 2.11. The molecule has 0 unspecified atom stereocenters. The number of aliphatic hydroxyl groups excluding tert-OH is 3. The van der Waals surface area contributed by atoms with Crippen molar-refractivity contribution >= 4 is 0 Å². The van der Waals surface area contributed by atoms with Crippen molar-refractivity contribution in [3.63, 3.8) is 0 Å². The lowest BCUT2D eigenvalue weighted by Gasteiger charge is -2.29. The first-order chi connectivity index (χ1) is 6.24. The molecule has 1 heterocycles. The Hall–Kier alpha value is -0.840. The van der Waals surface area contributed by atoms with Crippen LogP contribution in [0.25, 0.3) is 0 Å². The van der Waals surface area contributed by atoms with Crippen molar-refractivity contribution in [2.75, 3.05) is 6.61 Å². The van der Waals surface area contributed by atoms with Crippen LogP contribution in [-0.4, -0.2) is 34.3 Å². The van der Waals surface area contributed by atoms with E-state index in [1.54, 1.807) is 12.2 Å². The van der Waals surface area contributed by atoms with Gasteiger partial charge >= 0.3 is 0 Å². The van der Waals surface area contributed by atoms with Gasteiger partial charge in [0.2, 0.25) is 6.29 Å².